The number of rotatable bonds is 2. The van der Waals surface area contributed by atoms with E-state index >= 15 is 0 Å². The maximum absolute atomic E-state index is 11.7. The van der Waals surface area contributed by atoms with Crippen molar-refractivity contribution < 1.29 is 4.79 Å². The minimum atomic E-state index is -0.0168. The molecule has 2 nitrogen and oxygen atoms in total. The molecule has 86 valence electrons. The fraction of sp³-hybridized carbons (Fsp3) is 0.462. The normalized spacial score (nSPS) is 20.6. The monoisotopic (exact) mass is 237 g/mol. The van der Waals surface area contributed by atoms with Gasteiger partial charge in [-0.15, -0.1) is 11.6 Å². The number of benzene rings is 1. The molecule has 1 aliphatic rings. The molecule has 1 atom stereocenters. The second kappa shape index (κ2) is 4.46. The van der Waals surface area contributed by atoms with Gasteiger partial charge in [-0.05, 0) is 30.5 Å². The van der Waals surface area contributed by atoms with Crippen LogP contribution < -0.4 is 0 Å². The number of nitrogens with zero attached hydrogens (tertiary/aromatic N) is 1. The van der Waals surface area contributed by atoms with Gasteiger partial charge >= 0.3 is 0 Å². The van der Waals surface area contributed by atoms with E-state index < -0.39 is 0 Å². The molecule has 1 unspecified atom stereocenters. The van der Waals surface area contributed by atoms with Gasteiger partial charge in [-0.2, -0.15) is 0 Å². The number of aryl methyl sites for hydroxylation is 2. The van der Waals surface area contributed by atoms with E-state index in [0.717, 1.165) is 0 Å². The third kappa shape index (κ3) is 2.22. The van der Waals surface area contributed by atoms with Gasteiger partial charge in [0.15, 0.2) is 0 Å². The van der Waals surface area contributed by atoms with E-state index in [1.54, 1.807) is 0 Å². The Labute approximate surface area is 101 Å². The molecule has 1 aromatic rings. The first-order valence-corrected chi connectivity index (χ1v) is 5.98. The molecular formula is C13H16ClNO. The molecule has 0 aromatic heterocycles. The van der Waals surface area contributed by atoms with E-state index in [1.807, 2.05) is 11.0 Å². The molecule has 1 aliphatic heterocycles. The largest absolute Gasteiger partial charge is 0.337 e. The average Bonchev–Trinajstić information content (AvgIpc) is 2.51. The van der Waals surface area contributed by atoms with Crippen LogP contribution in [0.3, 0.4) is 0 Å². The Kier molecular flexibility index (Phi) is 3.20. The molecule has 0 saturated carbocycles. The number of amides is 1. The number of hydrogen-bond acceptors (Lipinski definition) is 1. The lowest BCUT2D eigenvalue weighted by Gasteiger charge is -2.19. The molecule has 16 heavy (non-hydrogen) atoms. The first-order chi connectivity index (χ1) is 7.58. The number of carbonyl (C=O) groups excluding carboxylic acids is 1. The molecule has 1 aromatic carbocycles. The van der Waals surface area contributed by atoms with Gasteiger partial charge in [0, 0.05) is 19.5 Å². The van der Waals surface area contributed by atoms with Crippen LogP contribution in [0.4, 0.5) is 0 Å². The lowest BCUT2D eigenvalue weighted by molar-refractivity contribution is -0.128. The van der Waals surface area contributed by atoms with E-state index in [4.69, 9.17) is 11.6 Å². The molecule has 0 N–H and O–H groups in total. The minimum absolute atomic E-state index is 0.0168. The molecule has 1 fully saturated rings. The van der Waals surface area contributed by atoms with Gasteiger partial charge in [0.05, 0.1) is 5.38 Å². The van der Waals surface area contributed by atoms with E-state index in [9.17, 15) is 4.79 Å². The van der Waals surface area contributed by atoms with Crippen LogP contribution in [0.25, 0.3) is 0 Å². The van der Waals surface area contributed by atoms with Gasteiger partial charge in [0.1, 0.15) is 0 Å². The number of likely N-dealkylation sites (tertiary alicyclic amines) is 1. The summed E-state index contributed by atoms with van der Waals surface area (Å²) in [5.41, 5.74) is 3.73. The summed E-state index contributed by atoms with van der Waals surface area (Å²) in [5, 5.41) is -0.0168. The lowest BCUT2D eigenvalue weighted by atomic mass is 10.0. The van der Waals surface area contributed by atoms with Crippen molar-refractivity contribution in [3.05, 3.63) is 34.9 Å². The summed E-state index contributed by atoms with van der Waals surface area (Å²) >= 11 is 5.99. The van der Waals surface area contributed by atoms with E-state index in [-0.39, 0.29) is 11.3 Å². The fourth-order valence-electron chi connectivity index (χ4n) is 2.17. The Hall–Kier alpha value is -1.02. The number of carbonyl (C=O) groups is 1. The zero-order valence-corrected chi connectivity index (χ0v) is 10.4. The van der Waals surface area contributed by atoms with Gasteiger partial charge in [-0.25, -0.2) is 0 Å². The highest BCUT2D eigenvalue weighted by molar-refractivity contribution is 6.22. The molecule has 1 amide bonds. The summed E-state index contributed by atoms with van der Waals surface area (Å²) in [7, 11) is 0. The average molecular weight is 238 g/mol. The molecule has 0 spiro atoms. The zero-order chi connectivity index (χ0) is 11.7. The quantitative estimate of drug-likeness (QED) is 0.725. The lowest BCUT2D eigenvalue weighted by Crippen LogP contribution is -2.25. The van der Waals surface area contributed by atoms with Crippen LogP contribution in [0, 0.1) is 13.8 Å². The van der Waals surface area contributed by atoms with Gasteiger partial charge < -0.3 is 4.90 Å². The molecular weight excluding hydrogens is 222 g/mol. The van der Waals surface area contributed by atoms with Crippen molar-refractivity contribution in [1.82, 2.24) is 4.90 Å². The molecule has 1 heterocycles. The standard InChI is InChI=1S/C13H16ClNO/c1-9-4-3-5-10(2)12(9)8-15-7-11(14)6-13(15)16/h3-5,11H,6-8H2,1-2H3. The highest BCUT2D eigenvalue weighted by Crippen LogP contribution is 2.22. The molecule has 0 bridgehead atoms. The van der Waals surface area contributed by atoms with Crippen molar-refractivity contribution in [2.24, 2.45) is 0 Å². The van der Waals surface area contributed by atoms with Crippen LogP contribution in [-0.4, -0.2) is 22.7 Å². The van der Waals surface area contributed by atoms with Crippen molar-refractivity contribution in [2.75, 3.05) is 6.54 Å². The predicted molar refractivity (Wildman–Crippen MR) is 65.6 cm³/mol. The Balaban J connectivity index is 2.18. The Bertz CT molecular complexity index is 396. The first-order valence-electron chi connectivity index (χ1n) is 5.55. The number of alkyl halides is 1. The van der Waals surface area contributed by atoms with Crippen LogP contribution in [0.2, 0.25) is 0 Å². The highest BCUT2D eigenvalue weighted by Gasteiger charge is 2.28. The Morgan fingerprint density at radius 3 is 2.50 bits per heavy atom. The SMILES string of the molecule is Cc1cccc(C)c1CN1CC(Cl)CC1=O. The van der Waals surface area contributed by atoms with Gasteiger partial charge in [0.25, 0.3) is 0 Å². The third-order valence-electron chi connectivity index (χ3n) is 3.16. The van der Waals surface area contributed by atoms with Crippen molar-refractivity contribution in [3.8, 4) is 0 Å². The van der Waals surface area contributed by atoms with Gasteiger partial charge in [-0.1, -0.05) is 18.2 Å². The van der Waals surface area contributed by atoms with Gasteiger partial charge in [0.2, 0.25) is 5.91 Å². The van der Waals surface area contributed by atoms with Crippen molar-refractivity contribution in [1.29, 1.82) is 0 Å². The summed E-state index contributed by atoms with van der Waals surface area (Å²) in [4.78, 5) is 13.5. The summed E-state index contributed by atoms with van der Waals surface area (Å²) in [6.07, 6.45) is 0.479. The van der Waals surface area contributed by atoms with Crippen LogP contribution >= 0.6 is 11.6 Å². The van der Waals surface area contributed by atoms with E-state index in [2.05, 4.69) is 26.0 Å². The Morgan fingerprint density at radius 2 is 2.00 bits per heavy atom. The fourth-order valence-corrected chi connectivity index (χ4v) is 2.46. The summed E-state index contributed by atoms with van der Waals surface area (Å²) in [6, 6.07) is 6.21. The maximum Gasteiger partial charge on any atom is 0.224 e. The first kappa shape index (κ1) is 11.5. The van der Waals surface area contributed by atoms with Gasteiger partial charge in [-0.3, -0.25) is 4.79 Å². The summed E-state index contributed by atoms with van der Waals surface area (Å²) < 4.78 is 0. The van der Waals surface area contributed by atoms with Crippen molar-refractivity contribution >= 4 is 17.5 Å². The third-order valence-corrected chi connectivity index (χ3v) is 3.45. The molecule has 2 rings (SSSR count). The highest BCUT2D eigenvalue weighted by atomic mass is 35.5. The smallest absolute Gasteiger partial charge is 0.224 e. The topological polar surface area (TPSA) is 20.3 Å². The second-order valence-electron chi connectivity index (χ2n) is 4.45. The number of hydrogen-bond donors (Lipinski definition) is 0. The van der Waals surface area contributed by atoms with Crippen LogP contribution in [-0.2, 0) is 11.3 Å². The maximum atomic E-state index is 11.7. The zero-order valence-electron chi connectivity index (χ0n) is 9.66. The predicted octanol–water partition coefficient (Wildman–Crippen LogP) is 2.64. The van der Waals surface area contributed by atoms with E-state index in [1.165, 1.54) is 16.7 Å². The van der Waals surface area contributed by atoms with Crippen molar-refractivity contribution in [3.63, 3.8) is 0 Å². The Morgan fingerprint density at radius 1 is 1.38 bits per heavy atom. The summed E-state index contributed by atoms with van der Waals surface area (Å²) in [5.74, 6) is 0.169. The van der Waals surface area contributed by atoms with Crippen LogP contribution in [0.5, 0.6) is 0 Å². The molecule has 0 radical (unpaired) electrons. The van der Waals surface area contributed by atoms with Crippen molar-refractivity contribution in [2.45, 2.75) is 32.2 Å². The van der Waals surface area contributed by atoms with Crippen LogP contribution in [0.1, 0.15) is 23.1 Å². The molecule has 0 aliphatic carbocycles. The second-order valence-corrected chi connectivity index (χ2v) is 5.06. The molecule has 3 heteroatoms. The summed E-state index contributed by atoms with van der Waals surface area (Å²) in [6.45, 7) is 5.54. The number of halogens is 1. The minimum Gasteiger partial charge on any atom is -0.337 e. The molecule has 1 saturated heterocycles. The van der Waals surface area contributed by atoms with Crippen LogP contribution in [0.15, 0.2) is 18.2 Å². The van der Waals surface area contributed by atoms with E-state index in [0.29, 0.717) is 19.5 Å².